The molecule has 0 amide bonds. The summed E-state index contributed by atoms with van der Waals surface area (Å²) in [6, 6.07) is 8.33. The number of nitrogens with zero attached hydrogens (tertiary/aromatic N) is 2. The molecule has 2 saturated heterocycles. The summed E-state index contributed by atoms with van der Waals surface area (Å²) in [6.07, 6.45) is 1.12. The summed E-state index contributed by atoms with van der Waals surface area (Å²) in [5, 5.41) is 3.56. The number of fused-ring (bicyclic) bond motifs is 3. The second-order valence-corrected chi connectivity index (χ2v) is 7.25. The van der Waals surface area contributed by atoms with Crippen LogP contribution in [0.3, 0.4) is 0 Å². The molecular weight excluding hydrogens is 288 g/mol. The van der Waals surface area contributed by atoms with Gasteiger partial charge in [0.05, 0.1) is 6.10 Å². The van der Waals surface area contributed by atoms with Gasteiger partial charge in [-0.1, -0.05) is 6.07 Å². The number of hydrogen-bond acceptors (Lipinski definition) is 5. The van der Waals surface area contributed by atoms with Crippen molar-refractivity contribution in [3.05, 3.63) is 29.3 Å². The van der Waals surface area contributed by atoms with Crippen molar-refractivity contribution < 1.29 is 4.74 Å². The van der Waals surface area contributed by atoms with E-state index in [2.05, 4.69) is 40.2 Å². The molecular formula is C18H28N4O. The minimum Gasteiger partial charge on any atom is -0.378 e. The molecule has 4 rings (SSSR count). The molecule has 126 valence electrons. The van der Waals surface area contributed by atoms with Gasteiger partial charge in [0.25, 0.3) is 0 Å². The zero-order valence-electron chi connectivity index (χ0n) is 14.2. The van der Waals surface area contributed by atoms with Crippen LogP contribution in [0.4, 0.5) is 5.69 Å². The fourth-order valence-corrected chi connectivity index (χ4v) is 4.39. The van der Waals surface area contributed by atoms with Crippen LogP contribution in [0.2, 0.25) is 0 Å². The first kappa shape index (κ1) is 15.4. The number of nitrogens with one attached hydrogen (secondary N) is 1. The number of hydrogen-bond donors (Lipinski definition) is 2. The number of piperazine rings is 1. The monoisotopic (exact) mass is 316 g/mol. The highest BCUT2D eigenvalue weighted by Crippen LogP contribution is 2.38. The SMILES string of the molecule is CO[C@H]1CN(c2ccc3c(c2)CN2C(C)CNC[C@H]32)CC[C@@H]1N. The minimum atomic E-state index is 0.132. The van der Waals surface area contributed by atoms with Crippen LogP contribution in [0.25, 0.3) is 0 Å². The molecule has 3 aliphatic rings. The van der Waals surface area contributed by atoms with E-state index in [0.29, 0.717) is 12.1 Å². The number of benzene rings is 1. The van der Waals surface area contributed by atoms with Crippen LogP contribution in [0, 0.1) is 0 Å². The van der Waals surface area contributed by atoms with E-state index in [1.807, 2.05) is 0 Å². The summed E-state index contributed by atoms with van der Waals surface area (Å²) < 4.78 is 5.56. The highest BCUT2D eigenvalue weighted by atomic mass is 16.5. The minimum absolute atomic E-state index is 0.132. The van der Waals surface area contributed by atoms with Gasteiger partial charge in [-0.05, 0) is 36.6 Å². The first-order valence-electron chi connectivity index (χ1n) is 8.80. The Hall–Kier alpha value is -1.14. The van der Waals surface area contributed by atoms with Crippen molar-refractivity contribution in [3.63, 3.8) is 0 Å². The third kappa shape index (κ3) is 2.66. The molecule has 3 heterocycles. The van der Waals surface area contributed by atoms with Crippen LogP contribution in [0.5, 0.6) is 0 Å². The van der Waals surface area contributed by atoms with Crippen LogP contribution in [0.15, 0.2) is 18.2 Å². The van der Waals surface area contributed by atoms with Gasteiger partial charge in [-0.15, -0.1) is 0 Å². The Morgan fingerprint density at radius 3 is 3.00 bits per heavy atom. The summed E-state index contributed by atoms with van der Waals surface area (Å²) in [6.45, 7) is 7.48. The molecule has 4 atom stereocenters. The lowest BCUT2D eigenvalue weighted by molar-refractivity contribution is 0.0730. The van der Waals surface area contributed by atoms with Gasteiger partial charge < -0.3 is 20.7 Å². The van der Waals surface area contributed by atoms with Gasteiger partial charge in [-0.25, -0.2) is 0 Å². The summed E-state index contributed by atoms with van der Waals surface area (Å²) in [7, 11) is 1.77. The Balaban J connectivity index is 1.56. The van der Waals surface area contributed by atoms with Crippen LogP contribution in [-0.4, -0.2) is 56.4 Å². The second kappa shape index (κ2) is 6.06. The van der Waals surface area contributed by atoms with Gasteiger partial charge in [0.2, 0.25) is 0 Å². The molecule has 0 aromatic heterocycles. The van der Waals surface area contributed by atoms with Gasteiger partial charge in [0.1, 0.15) is 0 Å². The number of methoxy groups -OCH3 is 1. The van der Waals surface area contributed by atoms with Gasteiger partial charge in [-0.2, -0.15) is 0 Å². The maximum absolute atomic E-state index is 6.15. The first-order chi connectivity index (χ1) is 11.2. The van der Waals surface area contributed by atoms with Gasteiger partial charge in [-0.3, -0.25) is 4.90 Å². The maximum Gasteiger partial charge on any atom is 0.0897 e. The number of rotatable bonds is 2. The van der Waals surface area contributed by atoms with E-state index >= 15 is 0 Å². The molecule has 1 aromatic rings. The molecule has 2 fully saturated rings. The van der Waals surface area contributed by atoms with E-state index in [4.69, 9.17) is 10.5 Å². The summed E-state index contributed by atoms with van der Waals surface area (Å²) in [5.41, 5.74) is 10.5. The zero-order valence-corrected chi connectivity index (χ0v) is 14.2. The Bertz CT molecular complexity index is 578. The Kier molecular flexibility index (Phi) is 4.05. The predicted octanol–water partition coefficient (Wildman–Crippen LogP) is 1.09. The van der Waals surface area contributed by atoms with E-state index in [0.717, 1.165) is 39.1 Å². The lowest BCUT2D eigenvalue weighted by atomic mass is 9.99. The van der Waals surface area contributed by atoms with Crippen molar-refractivity contribution >= 4 is 5.69 Å². The lowest BCUT2D eigenvalue weighted by Crippen LogP contribution is -2.51. The van der Waals surface area contributed by atoms with E-state index in [1.165, 1.54) is 16.8 Å². The van der Waals surface area contributed by atoms with Crippen molar-refractivity contribution in [2.24, 2.45) is 5.73 Å². The second-order valence-electron chi connectivity index (χ2n) is 7.25. The Morgan fingerprint density at radius 1 is 1.30 bits per heavy atom. The Morgan fingerprint density at radius 2 is 2.17 bits per heavy atom. The fourth-order valence-electron chi connectivity index (χ4n) is 4.39. The Labute approximate surface area is 138 Å². The fraction of sp³-hybridized carbons (Fsp3) is 0.667. The van der Waals surface area contributed by atoms with E-state index in [9.17, 15) is 0 Å². The molecule has 0 radical (unpaired) electrons. The predicted molar refractivity (Wildman–Crippen MR) is 92.7 cm³/mol. The molecule has 0 bridgehead atoms. The molecule has 3 N–H and O–H groups in total. The van der Waals surface area contributed by atoms with Gasteiger partial charge in [0, 0.05) is 63.6 Å². The quantitative estimate of drug-likeness (QED) is 0.855. The lowest BCUT2D eigenvalue weighted by Gasteiger charge is -2.37. The van der Waals surface area contributed by atoms with Crippen LogP contribution >= 0.6 is 0 Å². The third-order valence-electron chi connectivity index (χ3n) is 5.86. The standard InChI is InChI=1S/C18H28N4O/c1-12-8-20-9-17-15-4-3-14(7-13(15)10-22(12)17)21-6-5-16(19)18(11-21)23-2/h3-4,7,12,16-18,20H,5-6,8-11,19H2,1-2H3/t12?,16-,17+,18-/m0/s1. The number of nitrogens with two attached hydrogens (primary N) is 1. The van der Waals surface area contributed by atoms with Crippen molar-refractivity contribution in [1.29, 1.82) is 0 Å². The van der Waals surface area contributed by atoms with E-state index in [1.54, 1.807) is 7.11 Å². The largest absolute Gasteiger partial charge is 0.378 e. The van der Waals surface area contributed by atoms with Crippen LogP contribution < -0.4 is 16.0 Å². The normalized spacial score (nSPS) is 34.3. The summed E-state index contributed by atoms with van der Waals surface area (Å²) in [5.74, 6) is 0. The number of piperidine rings is 1. The van der Waals surface area contributed by atoms with Crippen molar-refractivity contribution in [2.45, 2.75) is 44.1 Å². The number of ether oxygens (including phenoxy) is 1. The smallest absolute Gasteiger partial charge is 0.0897 e. The van der Waals surface area contributed by atoms with Gasteiger partial charge >= 0.3 is 0 Å². The first-order valence-corrected chi connectivity index (χ1v) is 8.80. The van der Waals surface area contributed by atoms with Crippen LogP contribution in [0.1, 0.15) is 30.5 Å². The van der Waals surface area contributed by atoms with Crippen molar-refractivity contribution in [1.82, 2.24) is 10.2 Å². The van der Waals surface area contributed by atoms with Gasteiger partial charge in [0.15, 0.2) is 0 Å². The third-order valence-corrected chi connectivity index (χ3v) is 5.86. The molecule has 23 heavy (non-hydrogen) atoms. The maximum atomic E-state index is 6.15. The van der Waals surface area contributed by atoms with E-state index < -0.39 is 0 Å². The highest BCUT2D eigenvalue weighted by molar-refractivity contribution is 5.53. The van der Waals surface area contributed by atoms with Crippen molar-refractivity contribution in [2.75, 3.05) is 38.2 Å². The molecule has 0 spiro atoms. The average Bonchev–Trinajstić information content (AvgIpc) is 2.94. The molecule has 5 nitrogen and oxygen atoms in total. The molecule has 3 aliphatic heterocycles. The molecule has 1 unspecified atom stereocenters. The highest BCUT2D eigenvalue weighted by Gasteiger charge is 2.36. The zero-order chi connectivity index (χ0) is 16.0. The van der Waals surface area contributed by atoms with Crippen molar-refractivity contribution in [3.8, 4) is 0 Å². The summed E-state index contributed by atoms with van der Waals surface area (Å²) in [4.78, 5) is 5.06. The summed E-state index contributed by atoms with van der Waals surface area (Å²) >= 11 is 0. The average molecular weight is 316 g/mol. The number of anilines is 1. The molecule has 0 saturated carbocycles. The molecule has 5 heteroatoms. The van der Waals surface area contributed by atoms with E-state index in [-0.39, 0.29) is 12.1 Å². The molecule has 1 aromatic carbocycles. The topological polar surface area (TPSA) is 53.8 Å². The molecule has 0 aliphatic carbocycles. The van der Waals surface area contributed by atoms with Crippen LogP contribution in [-0.2, 0) is 11.3 Å².